The maximum atomic E-state index is 11.2. The smallest absolute Gasteiger partial charge is 0.247 e. The first-order valence-electron chi connectivity index (χ1n) is 4.27. The predicted octanol–water partition coefficient (Wildman–Crippen LogP) is 2.34. The molecule has 2 aromatic rings. The van der Waals surface area contributed by atoms with Gasteiger partial charge >= 0.3 is 0 Å². The Morgan fingerprint density at radius 2 is 2.40 bits per heavy atom. The van der Waals surface area contributed by atoms with E-state index in [0.29, 0.717) is 10.7 Å². The summed E-state index contributed by atoms with van der Waals surface area (Å²) in [5.74, 6) is -0.284. The summed E-state index contributed by atoms with van der Waals surface area (Å²) in [7, 11) is 0. The molecule has 0 unspecified atom stereocenters. The van der Waals surface area contributed by atoms with Crippen molar-refractivity contribution in [3.63, 3.8) is 0 Å². The van der Waals surface area contributed by atoms with Gasteiger partial charge in [-0.1, -0.05) is 18.2 Å². The van der Waals surface area contributed by atoms with Gasteiger partial charge in [0, 0.05) is 10.4 Å². The van der Waals surface area contributed by atoms with Crippen molar-refractivity contribution in [1.29, 1.82) is 0 Å². The Hall–Kier alpha value is -1.81. The largest absolute Gasteiger partial charge is 0.321 e. The van der Waals surface area contributed by atoms with Crippen molar-refractivity contribution >= 4 is 34.1 Å². The van der Waals surface area contributed by atoms with Crippen LogP contribution in [0.15, 0.2) is 31.0 Å². The second-order valence-electron chi connectivity index (χ2n) is 2.98. The van der Waals surface area contributed by atoms with E-state index in [9.17, 15) is 4.79 Å². The Morgan fingerprint density at radius 3 is 3.13 bits per heavy atom. The predicted molar refractivity (Wildman–Crippen MR) is 59.9 cm³/mol. The van der Waals surface area contributed by atoms with Gasteiger partial charge in [0.1, 0.15) is 0 Å². The Labute approximate surface area is 90.9 Å². The lowest BCUT2D eigenvalue weighted by Gasteiger charge is -2.03. The number of halogens is 1. The Morgan fingerprint density at radius 1 is 1.60 bits per heavy atom. The molecule has 0 aliphatic rings. The first kappa shape index (κ1) is 9.73. The molecule has 0 saturated carbocycles. The number of H-pyrrole nitrogens is 1. The molecule has 0 saturated heterocycles. The summed E-state index contributed by atoms with van der Waals surface area (Å²) in [5.41, 5.74) is 1.34. The van der Waals surface area contributed by atoms with E-state index in [4.69, 9.17) is 11.6 Å². The number of aromatic amines is 1. The first-order chi connectivity index (χ1) is 7.20. The van der Waals surface area contributed by atoms with E-state index in [0.717, 1.165) is 10.9 Å². The van der Waals surface area contributed by atoms with Crippen LogP contribution < -0.4 is 5.32 Å². The zero-order valence-corrected chi connectivity index (χ0v) is 8.51. The molecule has 2 rings (SSSR count). The van der Waals surface area contributed by atoms with E-state index in [2.05, 4.69) is 22.1 Å². The van der Waals surface area contributed by atoms with Gasteiger partial charge in [0.05, 0.1) is 17.4 Å². The zero-order chi connectivity index (χ0) is 10.8. The minimum absolute atomic E-state index is 0.284. The molecule has 0 atom stereocenters. The van der Waals surface area contributed by atoms with Crippen LogP contribution in [0.3, 0.4) is 0 Å². The summed E-state index contributed by atoms with van der Waals surface area (Å²) in [5, 5.41) is 10.7. The number of hydrogen-bond acceptors (Lipinski definition) is 2. The molecular weight excluding hydrogens is 214 g/mol. The van der Waals surface area contributed by atoms with Crippen LogP contribution in [0.1, 0.15) is 0 Å². The van der Waals surface area contributed by atoms with Crippen LogP contribution in [0.4, 0.5) is 5.69 Å². The minimum atomic E-state index is -0.284. The maximum Gasteiger partial charge on any atom is 0.247 e. The summed E-state index contributed by atoms with van der Waals surface area (Å²) in [6.07, 6.45) is 2.84. The minimum Gasteiger partial charge on any atom is -0.321 e. The van der Waals surface area contributed by atoms with Gasteiger partial charge in [-0.15, -0.1) is 0 Å². The number of aromatic nitrogens is 2. The number of fused-ring (bicyclic) bond motifs is 1. The summed E-state index contributed by atoms with van der Waals surface area (Å²) in [6, 6.07) is 3.42. The Kier molecular flexibility index (Phi) is 2.43. The van der Waals surface area contributed by atoms with Crippen LogP contribution in [0, 0.1) is 0 Å². The second-order valence-corrected chi connectivity index (χ2v) is 3.42. The van der Waals surface area contributed by atoms with Crippen LogP contribution in [0.2, 0.25) is 5.02 Å². The molecule has 1 amide bonds. The third kappa shape index (κ3) is 1.85. The topological polar surface area (TPSA) is 57.8 Å². The zero-order valence-electron chi connectivity index (χ0n) is 7.75. The number of nitrogens with one attached hydrogen (secondary N) is 2. The molecule has 1 aromatic carbocycles. The second kappa shape index (κ2) is 3.74. The highest BCUT2D eigenvalue weighted by Crippen LogP contribution is 2.25. The molecular formula is C10H8ClN3O. The van der Waals surface area contributed by atoms with Crippen molar-refractivity contribution in [3.05, 3.63) is 36.0 Å². The average Bonchev–Trinajstić information content (AvgIpc) is 2.65. The van der Waals surface area contributed by atoms with Gasteiger partial charge < -0.3 is 5.32 Å². The number of carbonyl (C=O) groups is 1. The molecule has 5 heteroatoms. The number of amides is 1. The summed E-state index contributed by atoms with van der Waals surface area (Å²) in [6.45, 7) is 3.38. The van der Waals surface area contributed by atoms with Crippen molar-refractivity contribution in [1.82, 2.24) is 10.2 Å². The van der Waals surface area contributed by atoms with Crippen molar-refractivity contribution in [2.75, 3.05) is 5.32 Å². The fourth-order valence-corrected chi connectivity index (χ4v) is 1.53. The lowest BCUT2D eigenvalue weighted by Crippen LogP contribution is -2.07. The van der Waals surface area contributed by atoms with Crippen molar-refractivity contribution in [2.45, 2.75) is 0 Å². The van der Waals surface area contributed by atoms with Crippen LogP contribution >= 0.6 is 11.6 Å². The third-order valence-corrected chi connectivity index (χ3v) is 2.18. The van der Waals surface area contributed by atoms with Crippen molar-refractivity contribution in [2.24, 2.45) is 0 Å². The van der Waals surface area contributed by atoms with E-state index in [1.807, 2.05) is 0 Å². The molecule has 0 aliphatic carbocycles. The third-order valence-electron chi connectivity index (χ3n) is 1.96. The molecule has 1 aromatic heterocycles. The lowest BCUT2D eigenvalue weighted by molar-refractivity contribution is -0.111. The van der Waals surface area contributed by atoms with Gasteiger partial charge in [-0.3, -0.25) is 9.89 Å². The number of hydrogen-bond donors (Lipinski definition) is 2. The van der Waals surface area contributed by atoms with Crippen LogP contribution in [-0.4, -0.2) is 16.1 Å². The highest BCUT2D eigenvalue weighted by Gasteiger charge is 2.06. The first-order valence-corrected chi connectivity index (χ1v) is 4.64. The van der Waals surface area contributed by atoms with Crippen molar-refractivity contribution < 1.29 is 4.79 Å². The van der Waals surface area contributed by atoms with E-state index >= 15 is 0 Å². The summed E-state index contributed by atoms with van der Waals surface area (Å²) in [4.78, 5) is 11.2. The van der Waals surface area contributed by atoms with Gasteiger partial charge in [0.25, 0.3) is 0 Å². The number of anilines is 1. The molecule has 0 aliphatic heterocycles. The van der Waals surface area contributed by atoms with Crippen LogP contribution in [0.25, 0.3) is 10.9 Å². The highest BCUT2D eigenvalue weighted by atomic mass is 35.5. The van der Waals surface area contributed by atoms with E-state index in [1.54, 1.807) is 18.3 Å². The fraction of sp³-hybridized carbons (Fsp3) is 0. The number of nitrogens with zero attached hydrogens (tertiary/aromatic N) is 1. The molecule has 1 heterocycles. The monoisotopic (exact) mass is 221 g/mol. The van der Waals surface area contributed by atoms with E-state index in [1.165, 1.54) is 6.08 Å². The van der Waals surface area contributed by atoms with Gasteiger partial charge in [0.2, 0.25) is 5.91 Å². The summed E-state index contributed by atoms with van der Waals surface area (Å²) < 4.78 is 0. The van der Waals surface area contributed by atoms with E-state index in [-0.39, 0.29) is 5.91 Å². The van der Waals surface area contributed by atoms with Crippen LogP contribution in [-0.2, 0) is 4.79 Å². The highest BCUT2D eigenvalue weighted by molar-refractivity contribution is 6.32. The lowest BCUT2D eigenvalue weighted by atomic mass is 10.2. The van der Waals surface area contributed by atoms with Gasteiger partial charge in [-0.2, -0.15) is 5.10 Å². The summed E-state index contributed by atoms with van der Waals surface area (Å²) >= 11 is 5.89. The van der Waals surface area contributed by atoms with Gasteiger partial charge in [-0.05, 0) is 18.2 Å². The van der Waals surface area contributed by atoms with Gasteiger partial charge in [-0.25, -0.2) is 0 Å². The molecule has 0 radical (unpaired) electrons. The van der Waals surface area contributed by atoms with Crippen LogP contribution in [0.5, 0.6) is 0 Å². The standard InChI is InChI=1S/C10H8ClN3O/c1-2-9(15)13-8-4-7(11)3-6-5-12-14-10(6)8/h2-5H,1H2,(H,12,14)(H,13,15). The normalized spacial score (nSPS) is 10.2. The fourth-order valence-electron chi connectivity index (χ4n) is 1.30. The molecule has 0 bridgehead atoms. The number of benzene rings is 1. The molecule has 76 valence electrons. The number of carbonyl (C=O) groups excluding carboxylic acids is 1. The van der Waals surface area contributed by atoms with Crippen molar-refractivity contribution in [3.8, 4) is 0 Å². The molecule has 0 fully saturated rings. The van der Waals surface area contributed by atoms with E-state index < -0.39 is 0 Å². The maximum absolute atomic E-state index is 11.2. The van der Waals surface area contributed by atoms with Gasteiger partial charge in [0.15, 0.2) is 0 Å². The molecule has 0 spiro atoms. The quantitative estimate of drug-likeness (QED) is 0.765. The molecule has 4 nitrogen and oxygen atoms in total. The molecule has 2 N–H and O–H groups in total. The Balaban J connectivity index is 2.53. The average molecular weight is 222 g/mol. The Bertz CT molecular complexity index is 532. The molecule has 15 heavy (non-hydrogen) atoms. The number of rotatable bonds is 2. The SMILES string of the molecule is C=CC(=O)Nc1cc(Cl)cc2cn[nH]c12.